The number of nitrogens with zero attached hydrogens (tertiary/aromatic N) is 3. The first-order valence-corrected chi connectivity index (χ1v) is 11.4. The number of thioether (sulfide) groups is 1. The van der Waals surface area contributed by atoms with Crippen LogP contribution in [0.15, 0.2) is 78.0 Å². The molecule has 1 heterocycles. The molecule has 3 aromatic carbocycles. The molecule has 0 radical (unpaired) electrons. The number of benzene rings is 3. The van der Waals surface area contributed by atoms with Crippen LogP contribution in [-0.4, -0.2) is 40.4 Å². The quantitative estimate of drug-likeness (QED) is 0.399. The van der Waals surface area contributed by atoms with Crippen LogP contribution in [0.1, 0.15) is 15.9 Å². The van der Waals surface area contributed by atoms with Crippen molar-refractivity contribution in [2.24, 2.45) is 0 Å². The fourth-order valence-electron chi connectivity index (χ4n) is 3.88. The molecule has 0 saturated carbocycles. The SMILES string of the molecule is COc1ccc(-c2nnc(S[C@H]3Cc4ccccc4C3=O)nc2-c2ccc(OC)cc2)cc1. The van der Waals surface area contributed by atoms with Gasteiger partial charge in [-0.2, -0.15) is 0 Å². The Balaban J connectivity index is 1.52. The average molecular weight is 456 g/mol. The summed E-state index contributed by atoms with van der Waals surface area (Å²) in [5.74, 6) is 1.64. The second-order valence-corrected chi connectivity index (χ2v) is 8.75. The number of Topliss-reactive ketones (excluding diaryl/α,β-unsaturated/α-hetero) is 1. The number of fused-ring (bicyclic) bond motifs is 1. The van der Waals surface area contributed by atoms with E-state index in [2.05, 4.69) is 10.2 Å². The second-order valence-electron chi connectivity index (χ2n) is 7.58. The van der Waals surface area contributed by atoms with Gasteiger partial charge in [0, 0.05) is 16.7 Å². The number of ether oxygens (including phenoxy) is 2. The normalized spacial score (nSPS) is 14.7. The summed E-state index contributed by atoms with van der Waals surface area (Å²) in [4.78, 5) is 17.7. The maximum Gasteiger partial charge on any atom is 0.210 e. The van der Waals surface area contributed by atoms with Gasteiger partial charge in [-0.3, -0.25) is 4.79 Å². The van der Waals surface area contributed by atoms with Crippen molar-refractivity contribution in [3.8, 4) is 34.0 Å². The molecule has 1 aromatic heterocycles. The van der Waals surface area contributed by atoms with Crippen LogP contribution in [0.2, 0.25) is 0 Å². The molecule has 0 unspecified atom stereocenters. The summed E-state index contributed by atoms with van der Waals surface area (Å²) < 4.78 is 10.6. The van der Waals surface area contributed by atoms with Gasteiger partial charge in [0.2, 0.25) is 5.16 Å². The van der Waals surface area contributed by atoms with Crippen molar-refractivity contribution in [2.75, 3.05) is 14.2 Å². The molecule has 5 rings (SSSR count). The van der Waals surface area contributed by atoms with E-state index in [1.54, 1.807) is 14.2 Å². The maximum atomic E-state index is 12.9. The second kappa shape index (κ2) is 9.03. The first-order chi connectivity index (χ1) is 16.2. The van der Waals surface area contributed by atoms with Gasteiger partial charge >= 0.3 is 0 Å². The summed E-state index contributed by atoms with van der Waals surface area (Å²) >= 11 is 1.36. The van der Waals surface area contributed by atoms with E-state index in [1.165, 1.54) is 11.8 Å². The van der Waals surface area contributed by atoms with E-state index in [0.717, 1.165) is 33.8 Å². The predicted molar refractivity (Wildman–Crippen MR) is 128 cm³/mol. The van der Waals surface area contributed by atoms with Gasteiger partial charge in [-0.05, 0) is 60.5 Å². The summed E-state index contributed by atoms with van der Waals surface area (Å²) in [5, 5.41) is 9.12. The number of methoxy groups -OCH3 is 2. The minimum atomic E-state index is -0.250. The topological polar surface area (TPSA) is 74.2 Å². The molecule has 1 atom stereocenters. The van der Waals surface area contributed by atoms with Gasteiger partial charge in [-0.15, -0.1) is 10.2 Å². The first-order valence-electron chi connectivity index (χ1n) is 10.5. The molecular formula is C26H21N3O3S. The fraction of sp³-hybridized carbons (Fsp3) is 0.154. The molecule has 6 nitrogen and oxygen atoms in total. The third-order valence-electron chi connectivity index (χ3n) is 5.62. The zero-order chi connectivity index (χ0) is 22.8. The standard InChI is InChI=1S/C26H21N3O3S/c1-31-19-11-7-16(8-12-19)23-24(17-9-13-20(32-2)14-10-17)28-29-26(27-23)33-22-15-18-5-3-4-6-21(18)25(22)30/h3-14,22H,15H2,1-2H3/t22-/m0/s1. The molecule has 164 valence electrons. The number of aromatic nitrogens is 3. The third-order valence-corrected chi connectivity index (χ3v) is 6.67. The summed E-state index contributed by atoms with van der Waals surface area (Å²) in [5.41, 5.74) is 4.98. The van der Waals surface area contributed by atoms with Crippen LogP contribution in [0.3, 0.4) is 0 Å². The lowest BCUT2D eigenvalue weighted by atomic mass is 10.0. The highest BCUT2D eigenvalue weighted by Gasteiger charge is 2.32. The van der Waals surface area contributed by atoms with Gasteiger partial charge in [0.1, 0.15) is 22.9 Å². The lowest BCUT2D eigenvalue weighted by Gasteiger charge is -2.12. The monoisotopic (exact) mass is 455 g/mol. The lowest BCUT2D eigenvalue weighted by Crippen LogP contribution is -2.12. The highest BCUT2D eigenvalue weighted by Crippen LogP contribution is 2.36. The zero-order valence-electron chi connectivity index (χ0n) is 18.2. The smallest absolute Gasteiger partial charge is 0.210 e. The lowest BCUT2D eigenvalue weighted by molar-refractivity contribution is 0.1000. The van der Waals surface area contributed by atoms with Crippen molar-refractivity contribution in [1.82, 2.24) is 15.2 Å². The van der Waals surface area contributed by atoms with E-state index in [9.17, 15) is 4.79 Å². The Morgan fingerprint density at radius 3 is 2.00 bits per heavy atom. The van der Waals surface area contributed by atoms with Crippen molar-refractivity contribution in [3.63, 3.8) is 0 Å². The average Bonchev–Trinajstić information content (AvgIpc) is 3.19. The molecule has 0 N–H and O–H groups in total. The van der Waals surface area contributed by atoms with Crippen molar-refractivity contribution >= 4 is 17.5 Å². The first kappa shape index (κ1) is 21.2. The number of hydrogen-bond donors (Lipinski definition) is 0. The molecular weight excluding hydrogens is 434 g/mol. The van der Waals surface area contributed by atoms with E-state index < -0.39 is 0 Å². The maximum absolute atomic E-state index is 12.9. The van der Waals surface area contributed by atoms with Crippen LogP contribution in [0.5, 0.6) is 11.5 Å². The van der Waals surface area contributed by atoms with Gasteiger partial charge in [-0.1, -0.05) is 36.0 Å². The van der Waals surface area contributed by atoms with Crippen LogP contribution < -0.4 is 9.47 Å². The largest absolute Gasteiger partial charge is 0.497 e. The van der Waals surface area contributed by atoms with Crippen LogP contribution in [0, 0.1) is 0 Å². The molecule has 33 heavy (non-hydrogen) atoms. The molecule has 1 aliphatic carbocycles. The van der Waals surface area contributed by atoms with Crippen molar-refractivity contribution in [1.29, 1.82) is 0 Å². The van der Waals surface area contributed by atoms with Gasteiger partial charge in [0.25, 0.3) is 0 Å². The molecule has 0 aliphatic heterocycles. The van der Waals surface area contributed by atoms with Crippen molar-refractivity contribution < 1.29 is 14.3 Å². The van der Waals surface area contributed by atoms with Gasteiger partial charge in [0.15, 0.2) is 5.78 Å². The van der Waals surface area contributed by atoms with Crippen LogP contribution in [0.25, 0.3) is 22.5 Å². The zero-order valence-corrected chi connectivity index (χ0v) is 19.0. The number of carbonyl (C=O) groups excluding carboxylic acids is 1. The Hall–Kier alpha value is -3.71. The molecule has 0 fully saturated rings. The Morgan fingerprint density at radius 1 is 0.788 bits per heavy atom. The van der Waals surface area contributed by atoms with E-state index >= 15 is 0 Å². The van der Waals surface area contributed by atoms with E-state index in [1.807, 2.05) is 72.8 Å². The summed E-state index contributed by atoms with van der Waals surface area (Å²) in [7, 11) is 3.27. The molecule has 0 bridgehead atoms. The van der Waals surface area contributed by atoms with Gasteiger partial charge < -0.3 is 9.47 Å². The number of rotatable bonds is 6. The van der Waals surface area contributed by atoms with E-state index in [0.29, 0.717) is 23.0 Å². The number of hydrogen-bond acceptors (Lipinski definition) is 7. The number of carbonyl (C=O) groups is 1. The van der Waals surface area contributed by atoms with Crippen molar-refractivity contribution in [3.05, 3.63) is 83.9 Å². The Labute approximate surface area is 196 Å². The van der Waals surface area contributed by atoms with Gasteiger partial charge in [0.05, 0.1) is 19.5 Å². The fourth-order valence-corrected chi connectivity index (χ4v) is 4.86. The van der Waals surface area contributed by atoms with Crippen molar-refractivity contribution in [2.45, 2.75) is 16.8 Å². The number of ketones is 1. The molecule has 0 amide bonds. The minimum absolute atomic E-state index is 0.115. The Kier molecular flexibility index (Phi) is 5.79. The molecule has 4 aromatic rings. The highest BCUT2D eigenvalue weighted by atomic mass is 32.2. The Morgan fingerprint density at radius 2 is 1.39 bits per heavy atom. The van der Waals surface area contributed by atoms with E-state index in [-0.39, 0.29) is 11.0 Å². The summed E-state index contributed by atoms with van der Waals surface area (Å²) in [6.45, 7) is 0. The summed E-state index contributed by atoms with van der Waals surface area (Å²) in [6.07, 6.45) is 0.668. The van der Waals surface area contributed by atoms with Crippen LogP contribution >= 0.6 is 11.8 Å². The highest BCUT2D eigenvalue weighted by molar-refractivity contribution is 8.00. The Bertz CT molecular complexity index is 1310. The minimum Gasteiger partial charge on any atom is -0.497 e. The summed E-state index contributed by atoms with van der Waals surface area (Å²) in [6, 6.07) is 23.0. The molecule has 0 spiro atoms. The van der Waals surface area contributed by atoms with E-state index in [4.69, 9.17) is 14.5 Å². The van der Waals surface area contributed by atoms with Gasteiger partial charge in [-0.25, -0.2) is 4.98 Å². The third kappa shape index (κ3) is 4.19. The molecule has 1 aliphatic rings. The predicted octanol–water partition coefficient (Wildman–Crippen LogP) is 5.12. The van der Waals surface area contributed by atoms with Crippen LogP contribution in [0.4, 0.5) is 0 Å². The molecule has 7 heteroatoms. The van der Waals surface area contributed by atoms with Crippen LogP contribution in [-0.2, 0) is 6.42 Å². The molecule has 0 saturated heterocycles.